The second kappa shape index (κ2) is 5.64. The van der Waals surface area contributed by atoms with Crippen LogP contribution in [0.2, 0.25) is 0 Å². The van der Waals surface area contributed by atoms with Gasteiger partial charge < -0.3 is 9.30 Å². The van der Waals surface area contributed by atoms with Crippen molar-refractivity contribution in [2.75, 3.05) is 7.11 Å². The Morgan fingerprint density at radius 3 is 2.74 bits per heavy atom. The monoisotopic (exact) mass is 281 g/mol. The lowest BCUT2D eigenvalue weighted by molar-refractivity contribution is 0.393. The van der Waals surface area contributed by atoms with Gasteiger partial charge in [0, 0.05) is 25.5 Å². The summed E-state index contributed by atoms with van der Waals surface area (Å²) in [6, 6.07) is 0. The molecule has 1 unspecified atom stereocenters. The zero-order valence-electron chi connectivity index (χ0n) is 11.9. The van der Waals surface area contributed by atoms with Crippen LogP contribution < -0.4 is 4.74 Å². The van der Waals surface area contributed by atoms with Crippen molar-refractivity contribution in [1.82, 2.24) is 24.5 Å². The second-order valence-electron chi connectivity index (χ2n) is 4.43. The highest BCUT2D eigenvalue weighted by molar-refractivity contribution is 7.99. The molecule has 0 saturated heterocycles. The summed E-state index contributed by atoms with van der Waals surface area (Å²) in [6.45, 7) is 4.35. The molecule has 0 N–H and O–H groups in total. The molecule has 2 rings (SSSR count). The van der Waals surface area contributed by atoms with E-state index >= 15 is 0 Å². The third-order valence-corrected chi connectivity index (χ3v) is 4.25. The van der Waals surface area contributed by atoms with E-state index in [0.717, 1.165) is 23.0 Å². The highest BCUT2D eigenvalue weighted by atomic mass is 32.2. The fourth-order valence-corrected chi connectivity index (χ4v) is 2.55. The first-order valence-electron chi connectivity index (χ1n) is 6.20. The molecular weight excluding hydrogens is 262 g/mol. The number of thioether (sulfide) groups is 1. The highest BCUT2D eigenvalue weighted by Gasteiger charge is 2.19. The largest absolute Gasteiger partial charge is 0.479 e. The molecule has 2 heterocycles. The summed E-state index contributed by atoms with van der Waals surface area (Å²) in [6.07, 6.45) is 2.99. The fraction of sp³-hybridized carbons (Fsp3) is 0.583. The molecule has 0 saturated carbocycles. The van der Waals surface area contributed by atoms with E-state index in [-0.39, 0.29) is 0 Å². The van der Waals surface area contributed by atoms with Gasteiger partial charge >= 0.3 is 0 Å². The van der Waals surface area contributed by atoms with Gasteiger partial charge in [0.2, 0.25) is 5.88 Å². The summed E-state index contributed by atoms with van der Waals surface area (Å²) in [5.74, 6) is 1.34. The average Bonchev–Trinajstić information content (AvgIpc) is 2.93. The predicted octanol–water partition coefficient (Wildman–Crippen LogP) is 2.11. The number of aromatic nitrogens is 5. The van der Waals surface area contributed by atoms with Crippen LogP contribution in [0.5, 0.6) is 5.88 Å². The minimum atomic E-state index is 0.520. The Morgan fingerprint density at radius 1 is 1.37 bits per heavy atom. The standard InChI is InChI=1S/C12H19N5OS/c1-6-8(2)19-12-14-13-10(17(12)4)9-7-16(3)15-11(9)18-5/h7-8H,6H2,1-5H3. The van der Waals surface area contributed by atoms with Crippen LogP contribution in [0.25, 0.3) is 11.4 Å². The van der Waals surface area contributed by atoms with E-state index in [2.05, 4.69) is 29.1 Å². The Bertz CT molecular complexity index is 562. The van der Waals surface area contributed by atoms with Crippen molar-refractivity contribution in [1.29, 1.82) is 0 Å². The van der Waals surface area contributed by atoms with Crippen LogP contribution in [0.4, 0.5) is 0 Å². The van der Waals surface area contributed by atoms with E-state index in [4.69, 9.17) is 4.74 Å². The van der Waals surface area contributed by atoms with Crippen LogP contribution in [0, 0.1) is 0 Å². The maximum Gasteiger partial charge on any atom is 0.243 e. The molecule has 2 aromatic rings. The van der Waals surface area contributed by atoms with Gasteiger partial charge in [0.15, 0.2) is 11.0 Å². The van der Waals surface area contributed by atoms with Gasteiger partial charge in [-0.3, -0.25) is 4.68 Å². The van der Waals surface area contributed by atoms with Crippen molar-refractivity contribution in [3.8, 4) is 17.3 Å². The van der Waals surface area contributed by atoms with Gasteiger partial charge in [0.25, 0.3) is 0 Å². The van der Waals surface area contributed by atoms with E-state index in [1.807, 2.05) is 24.9 Å². The van der Waals surface area contributed by atoms with Gasteiger partial charge in [-0.1, -0.05) is 25.6 Å². The predicted molar refractivity (Wildman–Crippen MR) is 75.4 cm³/mol. The Balaban J connectivity index is 2.35. The molecule has 7 heteroatoms. The van der Waals surface area contributed by atoms with Crippen molar-refractivity contribution in [3.05, 3.63) is 6.20 Å². The SMILES string of the molecule is CCC(C)Sc1nnc(-c2cn(C)nc2OC)n1C. The second-order valence-corrected chi connectivity index (χ2v) is 5.83. The summed E-state index contributed by atoms with van der Waals surface area (Å²) in [4.78, 5) is 0. The Labute approximate surface area is 117 Å². The van der Waals surface area contributed by atoms with Gasteiger partial charge in [-0.2, -0.15) is 0 Å². The van der Waals surface area contributed by atoms with Crippen molar-refractivity contribution >= 4 is 11.8 Å². The molecule has 0 aliphatic carbocycles. The first-order valence-corrected chi connectivity index (χ1v) is 7.08. The zero-order valence-corrected chi connectivity index (χ0v) is 12.7. The number of ether oxygens (including phenoxy) is 1. The Kier molecular flexibility index (Phi) is 4.14. The third-order valence-electron chi connectivity index (χ3n) is 2.95. The molecule has 104 valence electrons. The molecule has 0 aliphatic heterocycles. The molecule has 0 bridgehead atoms. The molecule has 0 fully saturated rings. The van der Waals surface area contributed by atoms with E-state index in [1.54, 1.807) is 23.6 Å². The lowest BCUT2D eigenvalue weighted by Crippen LogP contribution is -1.99. The van der Waals surface area contributed by atoms with Crippen LogP contribution >= 0.6 is 11.8 Å². The van der Waals surface area contributed by atoms with Crippen LogP contribution in [0.3, 0.4) is 0 Å². The molecule has 1 atom stereocenters. The van der Waals surface area contributed by atoms with Gasteiger partial charge in [-0.25, -0.2) is 0 Å². The number of nitrogens with zero attached hydrogens (tertiary/aromatic N) is 5. The molecular formula is C12H19N5OS. The molecule has 2 aromatic heterocycles. The molecule has 0 aromatic carbocycles. The Hall–Kier alpha value is -1.50. The number of aryl methyl sites for hydroxylation is 1. The van der Waals surface area contributed by atoms with E-state index in [1.165, 1.54) is 0 Å². The smallest absolute Gasteiger partial charge is 0.243 e. The van der Waals surface area contributed by atoms with Gasteiger partial charge in [0.05, 0.1) is 7.11 Å². The summed E-state index contributed by atoms with van der Waals surface area (Å²) < 4.78 is 8.96. The maximum absolute atomic E-state index is 5.27. The number of rotatable bonds is 5. The summed E-state index contributed by atoms with van der Waals surface area (Å²) >= 11 is 1.73. The summed E-state index contributed by atoms with van der Waals surface area (Å²) in [5, 5.41) is 14.2. The van der Waals surface area contributed by atoms with Gasteiger partial charge in [-0.15, -0.1) is 15.3 Å². The van der Waals surface area contributed by atoms with Gasteiger partial charge in [-0.05, 0) is 6.42 Å². The van der Waals surface area contributed by atoms with E-state index < -0.39 is 0 Å². The highest BCUT2D eigenvalue weighted by Crippen LogP contribution is 2.30. The normalized spacial score (nSPS) is 12.7. The van der Waals surface area contributed by atoms with Crippen LogP contribution in [-0.2, 0) is 14.1 Å². The van der Waals surface area contributed by atoms with Crippen LogP contribution in [0.15, 0.2) is 11.4 Å². The van der Waals surface area contributed by atoms with Crippen molar-refractivity contribution in [2.45, 2.75) is 30.7 Å². The van der Waals surface area contributed by atoms with Crippen molar-refractivity contribution in [2.24, 2.45) is 14.1 Å². The van der Waals surface area contributed by atoms with Crippen molar-refractivity contribution in [3.63, 3.8) is 0 Å². The van der Waals surface area contributed by atoms with Crippen LogP contribution in [-0.4, -0.2) is 36.9 Å². The zero-order chi connectivity index (χ0) is 14.0. The number of hydrogen-bond donors (Lipinski definition) is 0. The molecule has 0 spiro atoms. The van der Waals surface area contributed by atoms with Gasteiger partial charge in [0.1, 0.15) is 5.56 Å². The minimum Gasteiger partial charge on any atom is -0.479 e. The molecule has 0 amide bonds. The van der Waals surface area contributed by atoms with E-state index in [0.29, 0.717) is 11.1 Å². The first kappa shape index (κ1) is 13.9. The quantitative estimate of drug-likeness (QED) is 0.786. The first-order chi connectivity index (χ1) is 9.06. The molecule has 0 radical (unpaired) electrons. The molecule has 0 aliphatic rings. The lowest BCUT2D eigenvalue weighted by Gasteiger charge is -2.07. The number of hydrogen-bond acceptors (Lipinski definition) is 5. The Morgan fingerprint density at radius 2 is 2.11 bits per heavy atom. The lowest BCUT2D eigenvalue weighted by atomic mass is 10.3. The summed E-state index contributed by atoms with van der Waals surface area (Å²) in [7, 11) is 5.43. The fourth-order valence-electron chi connectivity index (χ4n) is 1.69. The topological polar surface area (TPSA) is 57.8 Å². The average molecular weight is 281 g/mol. The number of methoxy groups -OCH3 is 1. The third kappa shape index (κ3) is 2.75. The molecule has 19 heavy (non-hydrogen) atoms. The van der Waals surface area contributed by atoms with Crippen LogP contribution in [0.1, 0.15) is 20.3 Å². The summed E-state index contributed by atoms with van der Waals surface area (Å²) in [5.41, 5.74) is 0.857. The minimum absolute atomic E-state index is 0.520. The molecule has 6 nitrogen and oxygen atoms in total. The van der Waals surface area contributed by atoms with E-state index in [9.17, 15) is 0 Å². The van der Waals surface area contributed by atoms with Crippen molar-refractivity contribution < 1.29 is 4.74 Å². The maximum atomic E-state index is 5.27.